The summed E-state index contributed by atoms with van der Waals surface area (Å²) in [5.74, 6) is -0.235. The summed E-state index contributed by atoms with van der Waals surface area (Å²) >= 11 is 0. The van der Waals surface area contributed by atoms with E-state index >= 15 is 0 Å². The van der Waals surface area contributed by atoms with E-state index in [-0.39, 0.29) is 42.4 Å². The van der Waals surface area contributed by atoms with E-state index in [1.807, 2.05) is 24.3 Å². The fourth-order valence-corrected chi connectivity index (χ4v) is 8.66. The van der Waals surface area contributed by atoms with E-state index < -0.39 is 11.2 Å². The van der Waals surface area contributed by atoms with Crippen molar-refractivity contribution in [2.24, 2.45) is 5.92 Å². The Bertz CT molecular complexity index is 1820. The monoisotopic (exact) mass is 665 g/mol. The number of hydrogen-bond donors (Lipinski definition) is 3. The highest BCUT2D eigenvalue weighted by Gasteiger charge is 2.54. The van der Waals surface area contributed by atoms with E-state index in [0.717, 1.165) is 67.2 Å². The lowest BCUT2D eigenvalue weighted by atomic mass is 9.68. The number of carbonyl (C=O) groups excluding carboxylic acids is 3. The molecule has 2 saturated carbocycles. The summed E-state index contributed by atoms with van der Waals surface area (Å²) in [6.07, 6.45) is 8.17. The number of carbonyl (C=O) groups is 3. The van der Waals surface area contributed by atoms with Gasteiger partial charge < -0.3 is 25.4 Å². The third kappa shape index (κ3) is 5.84. The molecule has 256 valence electrons. The minimum atomic E-state index is -1.02. The van der Waals surface area contributed by atoms with Gasteiger partial charge in [-0.15, -0.1) is 0 Å². The lowest BCUT2D eigenvalue weighted by Crippen LogP contribution is -2.44. The zero-order valence-corrected chi connectivity index (χ0v) is 28.1. The van der Waals surface area contributed by atoms with Crippen LogP contribution in [0.15, 0.2) is 45.7 Å². The van der Waals surface area contributed by atoms with Gasteiger partial charge in [-0.1, -0.05) is 31.4 Å². The standard InChI is InChI=1S/C37H43N7O5/c1-39-33(46)24-10-12-29-22(16-24)8-9-23-17-25(34(47)40-2)11-13-30(23)37(29,35-42-36(48)49-44(35)27-6-4-3-5-7-27)14-15-41-21-32(45)43-28(20-38)18-26-19-31(26)43/h10-13,16-17,26-28,31,41H,3-9,14-15,18-19,21H2,1-2H3,(H,39,46)(H,40,47)/t26-,28?,31+/m1/s1. The molecule has 3 aromatic rings. The fourth-order valence-electron chi connectivity index (χ4n) is 8.66. The van der Waals surface area contributed by atoms with Gasteiger partial charge in [0.2, 0.25) is 5.91 Å². The van der Waals surface area contributed by atoms with E-state index in [4.69, 9.17) is 4.52 Å². The van der Waals surface area contributed by atoms with Crippen LogP contribution in [-0.4, -0.2) is 71.6 Å². The predicted molar refractivity (Wildman–Crippen MR) is 180 cm³/mol. The summed E-state index contributed by atoms with van der Waals surface area (Å²) in [6.45, 7) is 0.459. The largest absolute Gasteiger partial charge is 0.459 e. The van der Waals surface area contributed by atoms with Gasteiger partial charge in [0.1, 0.15) is 6.04 Å². The Morgan fingerprint density at radius 2 is 1.59 bits per heavy atom. The summed E-state index contributed by atoms with van der Waals surface area (Å²) < 4.78 is 7.66. The van der Waals surface area contributed by atoms with Gasteiger partial charge in [-0.25, -0.2) is 4.79 Å². The first-order valence-corrected chi connectivity index (χ1v) is 17.5. The normalized spacial score (nSPS) is 22.2. The average Bonchev–Trinajstić information content (AvgIpc) is 3.66. The Morgan fingerprint density at radius 3 is 2.18 bits per heavy atom. The molecule has 1 unspecified atom stereocenters. The van der Waals surface area contributed by atoms with Crippen LogP contribution in [0.1, 0.15) is 106 Å². The third-order valence-corrected chi connectivity index (χ3v) is 11.1. The highest BCUT2D eigenvalue weighted by Crippen LogP contribution is 2.49. The molecule has 1 aromatic heterocycles. The minimum absolute atomic E-state index is 0.0413. The van der Waals surface area contributed by atoms with Crippen LogP contribution in [0.5, 0.6) is 0 Å². The van der Waals surface area contributed by atoms with Gasteiger partial charge in [-0.3, -0.25) is 14.4 Å². The summed E-state index contributed by atoms with van der Waals surface area (Å²) in [5.41, 5.74) is 3.72. The molecule has 0 bridgehead atoms. The second-order valence-corrected chi connectivity index (χ2v) is 13.9. The second-order valence-electron chi connectivity index (χ2n) is 13.9. The fraction of sp³-hybridized carbons (Fsp3) is 0.514. The maximum absolute atomic E-state index is 13.4. The molecule has 3 amide bonds. The molecule has 2 heterocycles. The van der Waals surface area contributed by atoms with E-state index in [9.17, 15) is 24.4 Å². The molecule has 2 aromatic carbocycles. The van der Waals surface area contributed by atoms with E-state index in [0.29, 0.717) is 48.7 Å². The summed E-state index contributed by atoms with van der Waals surface area (Å²) in [7, 11) is 3.20. The number of rotatable bonds is 9. The number of nitriles is 1. The molecular weight excluding hydrogens is 622 g/mol. The molecule has 3 atom stereocenters. The highest BCUT2D eigenvalue weighted by atomic mass is 16.5. The van der Waals surface area contributed by atoms with Gasteiger partial charge in [0, 0.05) is 31.3 Å². The zero-order chi connectivity index (χ0) is 34.3. The van der Waals surface area contributed by atoms with Gasteiger partial charge in [0.25, 0.3) is 11.8 Å². The average molecular weight is 666 g/mol. The SMILES string of the molecule is CNC(=O)c1ccc2c(c1)CCc1cc(C(=O)NC)ccc1C2(CCNCC(=O)N1C(C#N)C[C@@H]2C[C@@H]21)c1nc(=O)on1C1CCCCC1. The number of aromatic nitrogens is 2. The molecule has 3 aliphatic carbocycles. The predicted octanol–water partition coefficient (Wildman–Crippen LogP) is 2.99. The molecule has 4 aliphatic rings. The second kappa shape index (κ2) is 13.3. The topological polar surface area (TPSA) is 162 Å². The van der Waals surface area contributed by atoms with Crippen molar-refractivity contribution in [3.05, 3.63) is 86.2 Å². The Kier molecular flexibility index (Phi) is 8.88. The van der Waals surface area contributed by atoms with Crippen molar-refractivity contribution in [2.75, 3.05) is 27.2 Å². The van der Waals surface area contributed by atoms with Crippen molar-refractivity contribution in [2.45, 2.75) is 87.7 Å². The van der Waals surface area contributed by atoms with Gasteiger partial charge in [0.15, 0.2) is 5.82 Å². The van der Waals surface area contributed by atoms with E-state index in [1.54, 1.807) is 35.9 Å². The molecule has 0 radical (unpaired) electrons. The zero-order valence-electron chi connectivity index (χ0n) is 28.1. The van der Waals surface area contributed by atoms with Crippen LogP contribution in [0.25, 0.3) is 0 Å². The van der Waals surface area contributed by atoms with Crippen molar-refractivity contribution in [1.82, 2.24) is 30.6 Å². The number of nitrogens with one attached hydrogen (secondary N) is 3. The van der Waals surface area contributed by atoms with Gasteiger partial charge in [0.05, 0.1) is 24.1 Å². The Labute approximate surface area is 285 Å². The first-order chi connectivity index (χ1) is 23.8. The smallest absolute Gasteiger partial charge is 0.355 e. The van der Waals surface area contributed by atoms with Crippen molar-refractivity contribution < 1.29 is 18.9 Å². The number of piperidine rings is 1. The van der Waals surface area contributed by atoms with Crippen LogP contribution < -0.4 is 21.7 Å². The van der Waals surface area contributed by atoms with Gasteiger partial charge in [-0.05, 0) is 104 Å². The maximum Gasteiger partial charge on any atom is 0.459 e. The summed E-state index contributed by atoms with van der Waals surface area (Å²) in [6, 6.07) is 13.4. The maximum atomic E-state index is 13.4. The molecule has 12 heteroatoms. The highest BCUT2D eigenvalue weighted by molar-refractivity contribution is 5.95. The van der Waals surface area contributed by atoms with Crippen molar-refractivity contribution in [1.29, 1.82) is 5.26 Å². The minimum Gasteiger partial charge on any atom is -0.355 e. The van der Waals surface area contributed by atoms with Crippen LogP contribution in [0.2, 0.25) is 0 Å². The lowest BCUT2D eigenvalue weighted by molar-refractivity contribution is -0.131. The number of amides is 3. The molecule has 3 N–H and O–H groups in total. The Morgan fingerprint density at radius 1 is 0.959 bits per heavy atom. The lowest BCUT2D eigenvalue weighted by Gasteiger charge is -2.37. The molecule has 49 heavy (non-hydrogen) atoms. The summed E-state index contributed by atoms with van der Waals surface area (Å²) in [5, 5.41) is 18.5. The molecule has 7 rings (SSSR count). The molecule has 1 saturated heterocycles. The van der Waals surface area contributed by atoms with Crippen LogP contribution in [-0.2, 0) is 23.1 Å². The van der Waals surface area contributed by atoms with Gasteiger partial charge in [-0.2, -0.15) is 15.0 Å². The van der Waals surface area contributed by atoms with Crippen molar-refractivity contribution in [3.8, 4) is 6.07 Å². The van der Waals surface area contributed by atoms with Crippen LogP contribution in [0.3, 0.4) is 0 Å². The molecule has 0 spiro atoms. The number of fused-ring (bicyclic) bond motifs is 3. The molecule has 3 fully saturated rings. The number of hydrogen-bond acceptors (Lipinski definition) is 8. The first kappa shape index (κ1) is 32.8. The Balaban J connectivity index is 1.35. The number of aryl methyl sites for hydroxylation is 2. The molecule has 1 aliphatic heterocycles. The first-order valence-electron chi connectivity index (χ1n) is 17.5. The number of nitrogens with zero attached hydrogens (tertiary/aromatic N) is 4. The van der Waals surface area contributed by atoms with Crippen LogP contribution >= 0.6 is 0 Å². The molecule has 12 nitrogen and oxygen atoms in total. The van der Waals surface area contributed by atoms with Crippen LogP contribution in [0, 0.1) is 17.2 Å². The van der Waals surface area contributed by atoms with E-state index in [1.165, 1.54) is 0 Å². The third-order valence-electron chi connectivity index (χ3n) is 11.1. The van der Waals surface area contributed by atoms with E-state index in [2.05, 4.69) is 27.0 Å². The number of likely N-dealkylation sites (tertiary alicyclic amines) is 1. The Hall–Kier alpha value is -4.76. The van der Waals surface area contributed by atoms with Crippen molar-refractivity contribution >= 4 is 17.7 Å². The molecular formula is C37H43N7O5. The van der Waals surface area contributed by atoms with Gasteiger partial charge >= 0.3 is 5.76 Å². The number of benzene rings is 2. The quantitative estimate of drug-likeness (QED) is 0.294. The summed E-state index contributed by atoms with van der Waals surface area (Å²) in [4.78, 5) is 58.6. The van der Waals surface area contributed by atoms with Crippen LogP contribution in [0.4, 0.5) is 0 Å². The van der Waals surface area contributed by atoms with Crippen molar-refractivity contribution in [3.63, 3.8) is 0 Å².